The summed E-state index contributed by atoms with van der Waals surface area (Å²) in [7, 11) is 0. The van der Waals surface area contributed by atoms with Crippen molar-refractivity contribution in [3.05, 3.63) is 107 Å². The molecule has 3 aromatic rings. The maximum absolute atomic E-state index is 12.9. The fraction of sp³-hybridized carbons (Fsp3) is 0.222. The fourth-order valence-corrected chi connectivity index (χ4v) is 3.89. The van der Waals surface area contributed by atoms with Crippen molar-refractivity contribution in [1.82, 2.24) is 10.7 Å². The predicted molar refractivity (Wildman–Crippen MR) is 126 cm³/mol. The second-order valence-electron chi connectivity index (χ2n) is 8.51. The van der Waals surface area contributed by atoms with Crippen LogP contribution in [-0.4, -0.2) is 28.8 Å². The van der Waals surface area contributed by atoms with Crippen LogP contribution in [0.4, 0.5) is 0 Å². The van der Waals surface area contributed by atoms with Crippen molar-refractivity contribution in [2.75, 3.05) is 0 Å². The Hall–Kier alpha value is -3.73. The van der Waals surface area contributed by atoms with Crippen molar-refractivity contribution in [3.63, 3.8) is 0 Å². The quantitative estimate of drug-likeness (QED) is 0.603. The van der Waals surface area contributed by atoms with Crippen molar-refractivity contribution in [2.45, 2.75) is 38.8 Å². The number of hydrazone groups is 1. The highest BCUT2D eigenvalue weighted by atomic mass is 16.2. The number of carbonyl (C=O) groups excluding carboxylic acids is 2. The third kappa shape index (κ3) is 4.62. The van der Waals surface area contributed by atoms with Gasteiger partial charge in [-0.25, -0.2) is 0 Å². The average Bonchev–Trinajstić information content (AvgIpc) is 3.09. The van der Waals surface area contributed by atoms with Crippen LogP contribution in [0, 0.1) is 6.92 Å². The highest BCUT2D eigenvalue weighted by Crippen LogP contribution is 2.26. The Bertz CT molecular complexity index is 1130. The molecule has 1 aliphatic rings. The normalized spacial score (nSPS) is 19.2. The van der Waals surface area contributed by atoms with Crippen LogP contribution in [-0.2, 0) is 4.79 Å². The molecule has 32 heavy (non-hydrogen) atoms. The van der Waals surface area contributed by atoms with Gasteiger partial charge in [-0.05, 0) is 42.7 Å². The highest BCUT2D eigenvalue weighted by molar-refractivity contribution is 5.98. The first-order chi connectivity index (χ1) is 15.4. The lowest BCUT2D eigenvalue weighted by atomic mass is 9.98. The van der Waals surface area contributed by atoms with Gasteiger partial charge in [-0.3, -0.25) is 9.59 Å². The summed E-state index contributed by atoms with van der Waals surface area (Å²) in [6.45, 7) is 6.34. The van der Waals surface area contributed by atoms with Gasteiger partial charge in [-0.1, -0.05) is 74.0 Å². The molecular formula is C27H28N3O2+. The third-order valence-electron chi connectivity index (χ3n) is 5.77. The number of nitrogens with zero attached hydrogens (tertiary/aromatic N) is 1. The number of aryl methyl sites for hydroxylation is 1. The Kier molecular flexibility index (Phi) is 6.17. The molecule has 0 aliphatic carbocycles. The summed E-state index contributed by atoms with van der Waals surface area (Å²) in [4.78, 5) is 25.8. The smallest absolute Gasteiger partial charge is 0.304 e. The first-order valence-corrected chi connectivity index (χ1v) is 10.9. The molecule has 1 saturated heterocycles. The Balaban J connectivity index is 1.69. The highest BCUT2D eigenvalue weighted by Gasteiger charge is 2.47. The maximum atomic E-state index is 12.9. The molecule has 3 aromatic carbocycles. The van der Waals surface area contributed by atoms with E-state index in [1.165, 1.54) is 5.56 Å². The predicted octanol–water partition coefficient (Wildman–Crippen LogP) is 4.13. The van der Waals surface area contributed by atoms with E-state index in [0.717, 1.165) is 16.7 Å². The Morgan fingerprint density at radius 3 is 2.25 bits per heavy atom. The van der Waals surface area contributed by atoms with E-state index < -0.39 is 6.04 Å². The molecule has 1 heterocycles. The zero-order valence-electron chi connectivity index (χ0n) is 18.6. The number of nitrogens with one attached hydrogen (secondary N) is 2. The summed E-state index contributed by atoms with van der Waals surface area (Å²) in [6, 6.07) is 24.2. The molecule has 0 unspecified atom stereocenters. The van der Waals surface area contributed by atoms with Gasteiger partial charge >= 0.3 is 5.91 Å². The van der Waals surface area contributed by atoms with E-state index in [1.807, 2.05) is 67.7 Å². The summed E-state index contributed by atoms with van der Waals surface area (Å²) in [5, 5.41) is 2.94. The molecule has 4 rings (SSSR count). The molecule has 2 amide bonds. The van der Waals surface area contributed by atoms with Crippen LogP contribution in [0.5, 0.6) is 0 Å². The van der Waals surface area contributed by atoms with E-state index in [9.17, 15) is 9.59 Å². The lowest BCUT2D eigenvalue weighted by molar-refractivity contribution is -0.596. The minimum Gasteiger partial charge on any atom is -0.334 e. The topological polar surface area (TPSA) is 61.2 Å². The van der Waals surface area contributed by atoms with Crippen LogP contribution in [0.25, 0.3) is 0 Å². The summed E-state index contributed by atoms with van der Waals surface area (Å²) in [5.41, 5.74) is 7.77. The molecule has 5 nitrogen and oxygen atoms in total. The van der Waals surface area contributed by atoms with Crippen LogP contribution >= 0.6 is 0 Å². The standard InChI is InChI=1S/C27H27N3O2/c1-18(2)21-15-11-20(12-16-21)17-30-25(22-13-9-19(3)10-14-22)24(27(32)29-30)28-26(31)23-7-5-4-6-8-23/h4-18,24-25H,1-3H3,(H-,28,29,31,32)/p+1/b30-17-/t24-,25+/m1/s1. The van der Waals surface area contributed by atoms with Crippen molar-refractivity contribution in [2.24, 2.45) is 0 Å². The molecular weight excluding hydrogens is 398 g/mol. The molecule has 0 spiro atoms. The van der Waals surface area contributed by atoms with E-state index in [-0.39, 0.29) is 17.9 Å². The second-order valence-corrected chi connectivity index (χ2v) is 8.51. The van der Waals surface area contributed by atoms with Crippen LogP contribution in [0.15, 0.2) is 78.9 Å². The number of hydrazine groups is 1. The first kappa shape index (κ1) is 21.5. The van der Waals surface area contributed by atoms with Gasteiger partial charge in [-0.2, -0.15) is 0 Å². The molecule has 2 atom stereocenters. The van der Waals surface area contributed by atoms with Crippen molar-refractivity contribution >= 4 is 18.0 Å². The largest absolute Gasteiger partial charge is 0.334 e. The van der Waals surface area contributed by atoms with Gasteiger partial charge in [0, 0.05) is 16.7 Å². The summed E-state index contributed by atoms with van der Waals surface area (Å²) < 4.78 is 1.80. The number of hydrogen-bond acceptors (Lipinski definition) is 2. The van der Waals surface area contributed by atoms with E-state index in [1.54, 1.807) is 16.8 Å². The average molecular weight is 427 g/mol. The lowest BCUT2D eigenvalue weighted by Crippen LogP contribution is -2.42. The number of amides is 2. The SMILES string of the molecule is Cc1ccc([C@H]2[C@@H](NC(=O)c3ccccc3)C(=O)N/[N+]2=C\c2ccc(C(C)C)cc2)cc1. The third-order valence-corrected chi connectivity index (χ3v) is 5.77. The summed E-state index contributed by atoms with van der Waals surface area (Å²) in [6.07, 6.45) is 1.92. The van der Waals surface area contributed by atoms with Crippen molar-refractivity contribution < 1.29 is 14.3 Å². The van der Waals surface area contributed by atoms with Gasteiger partial charge < -0.3 is 5.32 Å². The van der Waals surface area contributed by atoms with Crippen LogP contribution in [0.3, 0.4) is 0 Å². The minimum absolute atomic E-state index is 0.241. The Morgan fingerprint density at radius 2 is 1.62 bits per heavy atom. The zero-order chi connectivity index (χ0) is 22.7. The summed E-state index contributed by atoms with van der Waals surface area (Å²) >= 11 is 0. The van der Waals surface area contributed by atoms with Gasteiger partial charge in [0.05, 0.1) is 0 Å². The molecule has 1 fully saturated rings. The first-order valence-electron chi connectivity index (χ1n) is 10.9. The van der Waals surface area contributed by atoms with Gasteiger partial charge in [0.15, 0.2) is 6.04 Å². The van der Waals surface area contributed by atoms with E-state index in [0.29, 0.717) is 11.5 Å². The van der Waals surface area contributed by atoms with E-state index in [2.05, 4.69) is 36.7 Å². The monoisotopic (exact) mass is 426 g/mol. The number of hydrogen-bond donors (Lipinski definition) is 2. The summed E-state index contributed by atoms with van der Waals surface area (Å²) in [5.74, 6) is -0.0608. The Morgan fingerprint density at radius 1 is 0.969 bits per heavy atom. The molecule has 162 valence electrons. The van der Waals surface area contributed by atoms with E-state index in [4.69, 9.17) is 0 Å². The van der Waals surface area contributed by atoms with Gasteiger partial charge in [-0.15, -0.1) is 10.1 Å². The Labute approximate surface area is 188 Å². The molecule has 0 aromatic heterocycles. The molecule has 2 N–H and O–H groups in total. The fourth-order valence-electron chi connectivity index (χ4n) is 3.89. The lowest BCUT2D eigenvalue weighted by Gasteiger charge is -2.15. The van der Waals surface area contributed by atoms with Gasteiger partial charge in [0.1, 0.15) is 0 Å². The molecule has 0 saturated carbocycles. The molecule has 5 heteroatoms. The van der Waals surface area contributed by atoms with Crippen molar-refractivity contribution in [1.29, 1.82) is 0 Å². The zero-order valence-corrected chi connectivity index (χ0v) is 18.6. The number of rotatable bonds is 5. The molecule has 1 aliphatic heterocycles. The molecule has 0 radical (unpaired) electrons. The van der Waals surface area contributed by atoms with Crippen LogP contribution < -0.4 is 10.7 Å². The number of benzene rings is 3. The second kappa shape index (κ2) is 9.18. The maximum Gasteiger partial charge on any atom is 0.304 e. The van der Waals surface area contributed by atoms with Gasteiger partial charge in [0.25, 0.3) is 5.91 Å². The van der Waals surface area contributed by atoms with Crippen molar-refractivity contribution in [3.8, 4) is 0 Å². The minimum atomic E-state index is -0.725. The van der Waals surface area contributed by atoms with Gasteiger partial charge in [0.2, 0.25) is 12.3 Å². The van der Waals surface area contributed by atoms with Crippen LogP contribution in [0.2, 0.25) is 0 Å². The van der Waals surface area contributed by atoms with Crippen LogP contribution in [0.1, 0.15) is 58.4 Å². The van der Waals surface area contributed by atoms with E-state index >= 15 is 0 Å². The molecule has 0 bridgehead atoms. The number of carbonyl (C=O) groups is 2.